The molecule has 0 saturated carbocycles. The molecule has 9 nitrogen and oxygen atoms in total. The molecule has 0 amide bonds. The van der Waals surface area contributed by atoms with Crippen LogP contribution in [-0.2, 0) is 32.7 Å². The molecule has 0 aliphatic heterocycles. The Balaban J connectivity index is 4.13. The predicted octanol–water partition coefficient (Wildman–Crippen LogP) is 20.0. The number of likely N-dealkylation sites (N-methyl/N-ethyl adjacent to an activating group) is 1. The van der Waals surface area contributed by atoms with Crippen LogP contribution < -0.4 is 0 Å². The van der Waals surface area contributed by atoms with Crippen LogP contribution in [0.1, 0.15) is 219 Å². The summed E-state index contributed by atoms with van der Waals surface area (Å²) in [5.41, 5.74) is 0. The zero-order valence-corrected chi connectivity index (χ0v) is 52.1. The molecule has 80 heavy (non-hydrogen) atoms. The van der Waals surface area contributed by atoms with Gasteiger partial charge in [0.15, 0.2) is 6.10 Å². The minimum absolute atomic E-state index is 0.0188. The molecule has 0 rings (SSSR count). The van der Waals surface area contributed by atoms with Crippen molar-refractivity contribution in [3.8, 4) is 0 Å². The summed E-state index contributed by atoms with van der Waals surface area (Å²) in [5.74, 6) is -0.839. The normalized spacial score (nSPS) is 14.3. The average Bonchev–Trinajstić information content (AvgIpc) is 3.42. The number of unbranched alkanes of at least 4 members (excludes halogenated alkanes) is 15. The van der Waals surface area contributed by atoms with Crippen LogP contribution in [0.2, 0.25) is 0 Å². The van der Waals surface area contributed by atoms with Gasteiger partial charge < -0.3 is 18.9 Å². The first kappa shape index (κ1) is 75.6. The van der Waals surface area contributed by atoms with E-state index in [-0.39, 0.29) is 26.1 Å². The number of quaternary nitrogens is 1. The van der Waals surface area contributed by atoms with E-state index in [1.165, 1.54) is 44.9 Å². The Labute approximate surface area is 490 Å². The lowest BCUT2D eigenvalue weighted by Gasteiger charge is -2.24. The summed E-state index contributed by atoms with van der Waals surface area (Å²) in [5, 5.41) is 0. The van der Waals surface area contributed by atoms with E-state index in [0.717, 1.165) is 135 Å². The van der Waals surface area contributed by atoms with Gasteiger partial charge in [0.1, 0.15) is 19.8 Å². The van der Waals surface area contributed by atoms with Gasteiger partial charge in [-0.2, -0.15) is 0 Å². The van der Waals surface area contributed by atoms with Crippen molar-refractivity contribution in [1.29, 1.82) is 0 Å². The molecular weight excluding hydrogens is 1010 g/mol. The van der Waals surface area contributed by atoms with Gasteiger partial charge in [-0.3, -0.25) is 18.6 Å². The largest absolute Gasteiger partial charge is 0.472 e. The number of esters is 2. The molecule has 0 saturated heterocycles. The fraction of sp³-hybridized carbons (Fsp3) is 0.600. The lowest BCUT2D eigenvalue weighted by atomic mass is 10.0. The minimum atomic E-state index is -4.40. The minimum Gasteiger partial charge on any atom is -0.462 e. The van der Waals surface area contributed by atoms with Gasteiger partial charge in [0.25, 0.3) is 0 Å². The van der Waals surface area contributed by atoms with Crippen molar-refractivity contribution < 1.29 is 42.1 Å². The molecule has 0 aromatic rings. The van der Waals surface area contributed by atoms with Crippen molar-refractivity contribution in [3.63, 3.8) is 0 Å². The second-order valence-electron chi connectivity index (χ2n) is 21.3. The molecule has 0 aromatic heterocycles. The highest BCUT2D eigenvalue weighted by Crippen LogP contribution is 2.43. The van der Waals surface area contributed by atoms with E-state index in [0.29, 0.717) is 23.9 Å². The van der Waals surface area contributed by atoms with E-state index in [1.807, 2.05) is 21.1 Å². The highest BCUT2D eigenvalue weighted by molar-refractivity contribution is 7.47. The van der Waals surface area contributed by atoms with Crippen molar-refractivity contribution in [1.82, 2.24) is 0 Å². The van der Waals surface area contributed by atoms with Gasteiger partial charge in [-0.25, -0.2) is 4.57 Å². The molecule has 0 aromatic carbocycles. The molecular formula is C70H115NO8P+. The number of carbonyl (C=O) groups excluding carboxylic acids is 2. The van der Waals surface area contributed by atoms with Crippen molar-refractivity contribution in [3.05, 3.63) is 158 Å². The molecule has 0 bridgehead atoms. The maximum Gasteiger partial charge on any atom is 0.472 e. The molecule has 0 aliphatic rings. The third kappa shape index (κ3) is 62.8. The van der Waals surface area contributed by atoms with Gasteiger partial charge in [-0.15, -0.1) is 0 Å². The van der Waals surface area contributed by atoms with Crippen LogP contribution in [-0.4, -0.2) is 74.9 Å². The van der Waals surface area contributed by atoms with E-state index < -0.39 is 32.5 Å². The number of rotatable bonds is 55. The Morgan fingerprint density at radius 1 is 0.388 bits per heavy atom. The first-order valence-corrected chi connectivity index (χ1v) is 32.7. The van der Waals surface area contributed by atoms with Gasteiger partial charge in [0, 0.05) is 12.8 Å². The first-order chi connectivity index (χ1) is 39.0. The SMILES string of the molecule is CC/C=C\C/C=C\C/C=C\C/C=C\C/C=C\C/C=C\C/C=C\C/C=C\C/C=C\CCCCCCCCCCCCCC(=O)OC(COC(=O)CCCCCC/C=C\C/C=C\C/C=C\C/C=C\CC)COP(=O)(O)OCC[N+](C)(C)C. The molecule has 452 valence electrons. The Morgan fingerprint density at radius 2 is 0.675 bits per heavy atom. The van der Waals surface area contributed by atoms with Gasteiger partial charge >= 0.3 is 19.8 Å². The number of hydrogen-bond acceptors (Lipinski definition) is 7. The van der Waals surface area contributed by atoms with Gasteiger partial charge in [-0.05, 0) is 122 Å². The number of hydrogen-bond donors (Lipinski definition) is 1. The molecule has 2 atom stereocenters. The standard InChI is InChI=1S/C70H114NO8P/c1-6-8-10-12-14-16-18-20-22-24-25-26-27-28-29-30-31-32-33-34-35-36-37-38-39-40-41-42-43-44-45-47-49-51-53-55-57-59-61-63-70(73)79-68(67-78-80(74,75)77-65-64-71(3,4)5)66-76-69(72)62-60-58-56-54-52-50-48-46-23-21-19-17-15-13-11-9-7-2/h8-11,14-17,20-23,25-26,28-29,31-32,34-35,37-38,40-41,48,50,68H,6-7,12-13,18-19,24,27,30,33,36,39,42-47,49,51-67H2,1-5H3/p+1/b10-8-,11-9-,16-14-,17-15-,22-20-,23-21-,26-25-,29-28-,32-31-,35-34-,38-37-,41-40-,50-48-. The monoisotopic (exact) mass is 1130 g/mol. The summed E-state index contributed by atoms with van der Waals surface area (Å²) in [6.45, 7) is 4.15. The van der Waals surface area contributed by atoms with E-state index in [9.17, 15) is 19.0 Å². The van der Waals surface area contributed by atoms with Crippen LogP contribution in [0.4, 0.5) is 0 Å². The summed E-state index contributed by atoms with van der Waals surface area (Å²) in [7, 11) is 1.44. The van der Waals surface area contributed by atoms with Gasteiger partial charge in [-0.1, -0.05) is 242 Å². The Bertz CT molecular complexity index is 1900. The van der Waals surface area contributed by atoms with Gasteiger partial charge in [0.2, 0.25) is 0 Å². The maximum atomic E-state index is 12.8. The summed E-state index contributed by atoms with van der Waals surface area (Å²) < 4.78 is 34.5. The number of phosphoric acid groups is 1. The van der Waals surface area contributed by atoms with E-state index >= 15 is 0 Å². The highest BCUT2D eigenvalue weighted by atomic mass is 31.2. The smallest absolute Gasteiger partial charge is 0.462 e. The molecule has 0 fully saturated rings. The van der Waals surface area contributed by atoms with Crippen LogP contribution >= 0.6 is 7.82 Å². The quantitative estimate of drug-likeness (QED) is 0.0211. The molecule has 0 radical (unpaired) electrons. The van der Waals surface area contributed by atoms with E-state index in [4.69, 9.17) is 18.5 Å². The second-order valence-corrected chi connectivity index (χ2v) is 22.8. The first-order valence-electron chi connectivity index (χ1n) is 31.2. The zero-order chi connectivity index (χ0) is 58.4. The Morgan fingerprint density at radius 3 is 1.00 bits per heavy atom. The number of nitrogens with zero attached hydrogens (tertiary/aromatic N) is 1. The third-order valence-corrected chi connectivity index (χ3v) is 13.5. The second kappa shape index (κ2) is 59.3. The Kier molecular flexibility index (Phi) is 56.0. The van der Waals surface area contributed by atoms with Crippen LogP contribution in [0, 0.1) is 0 Å². The number of allylic oxidation sites excluding steroid dienone is 26. The third-order valence-electron chi connectivity index (χ3n) is 12.6. The van der Waals surface area contributed by atoms with Crippen LogP contribution in [0.25, 0.3) is 0 Å². The highest BCUT2D eigenvalue weighted by Gasteiger charge is 2.27. The van der Waals surface area contributed by atoms with Crippen LogP contribution in [0.3, 0.4) is 0 Å². The fourth-order valence-electron chi connectivity index (χ4n) is 7.82. The van der Waals surface area contributed by atoms with Crippen molar-refractivity contribution in [2.45, 2.75) is 225 Å². The molecule has 0 spiro atoms. The van der Waals surface area contributed by atoms with E-state index in [1.54, 1.807) is 0 Å². The van der Waals surface area contributed by atoms with Crippen molar-refractivity contribution in [2.75, 3.05) is 47.5 Å². The predicted molar refractivity (Wildman–Crippen MR) is 343 cm³/mol. The van der Waals surface area contributed by atoms with Crippen LogP contribution in [0.15, 0.2) is 158 Å². The van der Waals surface area contributed by atoms with Crippen LogP contribution in [0.5, 0.6) is 0 Å². The summed E-state index contributed by atoms with van der Waals surface area (Å²) in [6.07, 6.45) is 89.0. The molecule has 0 heterocycles. The number of phosphoric ester groups is 1. The topological polar surface area (TPSA) is 108 Å². The van der Waals surface area contributed by atoms with Gasteiger partial charge in [0.05, 0.1) is 27.7 Å². The molecule has 2 unspecified atom stereocenters. The zero-order valence-electron chi connectivity index (χ0n) is 51.2. The van der Waals surface area contributed by atoms with E-state index in [2.05, 4.69) is 172 Å². The maximum absolute atomic E-state index is 12.8. The molecule has 0 aliphatic carbocycles. The molecule has 1 N–H and O–H groups in total. The van der Waals surface area contributed by atoms with Crippen molar-refractivity contribution >= 4 is 19.8 Å². The summed E-state index contributed by atoms with van der Waals surface area (Å²) in [4.78, 5) is 35.7. The Hall–Kier alpha value is -4.37. The van der Waals surface area contributed by atoms with Crippen molar-refractivity contribution in [2.24, 2.45) is 0 Å². The average molecular weight is 1130 g/mol. The lowest BCUT2D eigenvalue weighted by molar-refractivity contribution is -0.870. The number of carbonyl (C=O) groups is 2. The lowest BCUT2D eigenvalue weighted by Crippen LogP contribution is -2.37. The summed E-state index contributed by atoms with van der Waals surface area (Å²) in [6, 6.07) is 0. The molecule has 10 heteroatoms. The number of ether oxygens (including phenoxy) is 2. The fourth-order valence-corrected chi connectivity index (χ4v) is 8.56. The summed E-state index contributed by atoms with van der Waals surface area (Å²) >= 11 is 0.